The van der Waals surface area contributed by atoms with Crippen molar-refractivity contribution in [3.05, 3.63) is 66.5 Å². The number of rotatable bonds is 5. The van der Waals surface area contributed by atoms with Gasteiger partial charge in [-0.15, -0.1) is 0 Å². The minimum atomic E-state index is -0.619. The van der Waals surface area contributed by atoms with Gasteiger partial charge in [-0.1, -0.05) is 18.2 Å². The Balaban J connectivity index is 1.79. The first-order valence-corrected chi connectivity index (χ1v) is 7.03. The molecule has 0 aliphatic carbocycles. The molecule has 0 fully saturated rings. The molecule has 0 bridgehead atoms. The highest BCUT2D eigenvalue weighted by molar-refractivity contribution is 5.78. The van der Waals surface area contributed by atoms with Crippen molar-refractivity contribution >= 4 is 28.7 Å². The summed E-state index contributed by atoms with van der Waals surface area (Å²) in [7, 11) is 0. The van der Waals surface area contributed by atoms with Crippen LogP contribution in [0.5, 0.6) is 0 Å². The average molecular weight is 328 g/mol. The van der Waals surface area contributed by atoms with Crippen molar-refractivity contribution in [3.8, 4) is 0 Å². The van der Waals surface area contributed by atoms with E-state index in [0.29, 0.717) is 5.82 Å². The van der Waals surface area contributed by atoms with Gasteiger partial charge in [0.2, 0.25) is 0 Å². The van der Waals surface area contributed by atoms with Crippen LogP contribution in [0.4, 0.5) is 37.5 Å². The van der Waals surface area contributed by atoms with E-state index in [0.717, 1.165) is 23.9 Å². The number of hydrazine groups is 1. The number of para-hydroxylation sites is 1. The number of benzene rings is 2. The fourth-order valence-corrected chi connectivity index (χ4v) is 1.97. The summed E-state index contributed by atoms with van der Waals surface area (Å²) in [6, 6.07) is 12.4. The zero-order valence-corrected chi connectivity index (χ0v) is 12.4. The van der Waals surface area contributed by atoms with Gasteiger partial charge in [0.05, 0.1) is 11.4 Å². The minimum Gasteiger partial charge on any atom is -0.393 e. The molecule has 0 aliphatic heterocycles. The van der Waals surface area contributed by atoms with Crippen LogP contribution in [0.3, 0.4) is 0 Å². The van der Waals surface area contributed by atoms with Gasteiger partial charge in [0.15, 0.2) is 11.6 Å². The first-order chi connectivity index (χ1) is 11.6. The number of aromatic nitrogens is 2. The second-order valence-electron chi connectivity index (χ2n) is 4.85. The van der Waals surface area contributed by atoms with Crippen molar-refractivity contribution in [1.82, 2.24) is 9.97 Å². The largest absolute Gasteiger partial charge is 0.393 e. The Labute approximate surface area is 136 Å². The van der Waals surface area contributed by atoms with Crippen LogP contribution >= 0.6 is 0 Å². The van der Waals surface area contributed by atoms with E-state index in [-0.39, 0.29) is 17.2 Å². The molecule has 0 saturated heterocycles. The lowest BCUT2D eigenvalue weighted by atomic mass is 10.3. The van der Waals surface area contributed by atoms with E-state index in [1.54, 1.807) is 0 Å². The lowest BCUT2D eigenvalue weighted by molar-refractivity contribution is 0.603. The molecule has 6 nitrogen and oxygen atoms in total. The molecule has 0 aliphatic rings. The van der Waals surface area contributed by atoms with Crippen LogP contribution in [0.2, 0.25) is 0 Å². The van der Waals surface area contributed by atoms with Gasteiger partial charge in [-0.25, -0.2) is 18.7 Å². The van der Waals surface area contributed by atoms with Gasteiger partial charge in [-0.05, 0) is 24.3 Å². The zero-order valence-electron chi connectivity index (χ0n) is 12.4. The Morgan fingerprint density at radius 2 is 1.62 bits per heavy atom. The summed E-state index contributed by atoms with van der Waals surface area (Å²) in [5.74, 6) is -0.734. The van der Waals surface area contributed by atoms with E-state index in [1.165, 1.54) is 6.33 Å². The van der Waals surface area contributed by atoms with Gasteiger partial charge < -0.3 is 11.1 Å². The molecular weight excluding hydrogens is 314 g/mol. The van der Waals surface area contributed by atoms with Crippen molar-refractivity contribution in [3.63, 3.8) is 0 Å². The topological polar surface area (TPSA) is 87.9 Å². The third-order valence-electron chi connectivity index (χ3n) is 3.16. The maximum absolute atomic E-state index is 13.7. The van der Waals surface area contributed by atoms with Crippen LogP contribution in [-0.2, 0) is 0 Å². The van der Waals surface area contributed by atoms with Crippen LogP contribution in [0, 0.1) is 11.6 Å². The Kier molecular flexibility index (Phi) is 4.37. The molecule has 8 heteroatoms. The van der Waals surface area contributed by atoms with Crippen molar-refractivity contribution < 1.29 is 8.78 Å². The molecule has 2 aromatic carbocycles. The lowest BCUT2D eigenvalue weighted by Crippen LogP contribution is -2.13. The number of halogens is 2. The first kappa shape index (κ1) is 15.5. The number of nitrogens with one attached hydrogen (secondary N) is 3. The van der Waals surface area contributed by atoms with Crippen molar-refractivity contribution in [2.24, 2.45) is 0 Å². The monoisotopic (exact) mass is 328 g/mol. The number of hydrogen-bond acceptors (Lipinski definition) is 6. The molecule has 1 heterocycles. The Morgan fingerprint density at radius 1 is 0.875 bits per heavy atom. The second kappa shape index (κ2) is 6.78. The van der Waals surface area contributed by atoms with Gasteiger partial charge in [0.1, 0.15) is 23.6 Å². The van der Waals surface area contributed by atoms with Gasteiger partial charge in [-0.3, -0.25) is 10.9 Å². The molecule has 3 rings (SSSR count). The average Bonchev–Trinajstić information content (AvgIpc) is 2.60. The van der Waals surface area contributed by atoms with Crippen LogP contribution < -0.4 is 21.9 Å². The van der Waals surface area contributed by atoms with E-state index >= 15 is 0 Å². The van der Waals surface area contributed by atoms with Crippen LogP contribution in [-0.4, -0.2) is 9.97 Å². The third-order valence-corrected chi connectivity index (χ3v) is 3.16. The van der Waals surface area contributed by atoms with E-state index in [4.69, 9.17) is 5.73 Å². The molecule has 0 amide bonds. The van der Waals surface area contributed by atoms with Gasteiger partial charge in [-0.2, -0.15) is 0 Å². The maximum Gasteiger partial charge on any atom is 0.173 e. The van der Waals surface area contributed by atoms with Crippen molar-refractivity contribution in [2.45, 2.75) is 0 Å². The fourth-order valence-electron chi connectivity index (χ4n) is 1.97. The summed E-state index contributed by atoms with van der Waals surface area (Å²) in [6.45, 7) is 0. The highest BCUT2D eigenvalue weighted by Crippen LogP contribution is 2.27. The van der Waals surface area contributed by atoms with E-state index < -0.39 is 11.6 Å². The first-order valence-electron chi connectivity index (χ1n) is 7.03. The maximum atomic E-state index is 13.7. The van der Waals surface area contributed by atoms with E-state index in [2.05, 4.69) is 26.1 Å². The second-order valence-corrected chi connectivity index (χ2v) is 4.85. The SMILES string of the molecule is Nc1c(NNc2ccccc2)ncnc1Nc1cc(F)ccc1F. The predicted octanol–water partition coefficient (Wildman–Crippen LogP) is 3.52. The number of nitrogen functional groups attached to an aromatic ring is 1. The molecular formula is C16H14F2N6. The van der Waals surface area contributed by atoms with Crippen LogP contribution in [0.1, 0.15) is 0 Å². The molecule has 0 spiro atoms. The number of hydrogen-bond donors (Lipinski definition) is 4. The normalized spacial score (nSPS) is 10.2. The predicted molar refractivity (Wildman–Crippen MR) is 89.8 cm³/mol. The van der Waals surface area contributed by atoms with Gasteiger partial charge in [0.25, 0.3) is 0 Å². The lowest BCUT2D eigenvalue weighted by Gasteiger charge is -2.14. The number of anilines is 5. The number of nitrogens with zero attached hydrogens (tertiary/aromatic N) is 2. The highest BCUT2D eigenvalue weighted by atomic mass is 19.1. The zero-order chi connectivity index (χ0) is 16.9. The van der Waals surface area contributed by atoms with Crippen molar-refractivity contribution in [1.29, 1.82) is 0 Å². The molecule has 3 aromatic rings. The molecule has 0 saturated carbocycles. The Bertz CT molecular complexity index is 841. The van der Waals surface area contributed by atoms with Gasteiger partial charge >= 0.3 is 0 Å². The molecule has 1 aromatic heterocycles. The van der Waals surface area contributed by atoms with E-state index in [1.807, 2.05) is 30.3 Å². The number of nitrogens with two attached hydrogens (primary N) is 1. The van der Waals surface area contributed by atoms with Crippen LogP contribution in [0.15, 0.2) is 54.9 Å². The third kappa shape index (κ3) is 3.49. The summed E-state index contributed by atoms with van der Waals surface area (Å²) in [6.07, 6.45) is 1.25. The molecule has 5 N–H and O–H groups in total. The molecule has 0 atom stereocenters. The summed E-state index contributed by atoms with van der Waals surface area (Å²) in [5.41, 5.74) is 12.7. The molecule has 0 unspecified atom stereocenters. The smallest absolute Gasteiger partial charge is 0.173 e. The quantitative estimate of drug-likeness (QED) is 0.536. The Morgan fingerprint density at radius 3 is 2.42 bits per heavy atom. The molecule has 122 valence electrons. The molecule has 0 radical (unpaired) electrons. The Hall–Kier alpha value is -3.42. The van der Waals surface area contributed by atoms with Crippen LogP contribution in [0.25, 0.3) is 0 Å². The van der Waals surface area contributed by atoms with E-state index in [9.17, 15) is 8.78 Å². The van der Waals surface area contributed by atoms with Gasteiger partial charge in [0, 0.05) is 6.07 Å². The fraction of sp³-hybridized carbons (Fsp3) is 0. The van der Waals surface area contributed by atoms with Crippen molar-refractivity contribution in [2.75, 3.05) is 21.9 Å². The highest BCUT2D eigenvalue weighted by Gasteiger charge is 2.11. The summed E-state index contributed by atoms with van der Waals surface area (Å²) < 4.78 is 27.0. The molecule has 24 heavy (non-hydrogen) atoms. The summed E-state index contributed by atoms with van der Waals surface area (Å²) in [5, 5.41) is 2.66. The standard InChI is InChI=1S/C16H14F2N6/c17-10-6-7-12(18)13(8-10)22-15-14(19)16(21-9-20-15)24-23-11-4-2-1-3-5-11/h1-9,23H,19H2,(H2,20,21,22,24). The summed E-state index contributed by atoms with van der Waals surface area (Å²) in [4.78, 5) is 7.97. The minimum absolute atomic E-state index is 0.0673. The summed E-state index contributed by atoms with van der Waals surface area (Å²) >= 11 is 0.